The van der Waals surface area contributed by atoms with Gasteiger partial charge in [0.25, 0.3) is 5.91 Å². The molecular formula is C6H11N3O3S. The zero-order chi connectivity index (χ0) is 10.1. The molecule has 1 aliphatic rings. The lowest BCUT2D eigenvalue weighted by molar-refractivity contribution is -0.120. The molecule has 1 aliphatic heterocycles. The molecule has 0 aliphatic carbocycles. The van der Waals surface area contributed by atoms with E-state index >= 15 is 0 Å². The summed E-state index contributed by atoms with van der Waals surface area (Å²) in [4.78, 5) is 14.7. The molecule has 1 amide bonds. The van der Waals surface area contributed by atoms with Crippen LogP contribution in [0.5, 0.6) is 0 Å². The van der Waals surface area contributed by atoms with E-state index in [2.05, 4.69) is 10.3 Å². The SMILES string of the molecule is CS(=O)(=O)CCC1N=C(N)NC1=O. The number of nitrogens with one attached hydrogen (secondary N) is 1. The zero-order valence-corrected chi connectivity index (χ0v) is 7.97. The molecular weight excluding hydrogens is 194 g/mol. The predicted octanol–water partition coefficient (Wildman–Crippen LogP) is -1.77. The van der Waals surface area contributed by atoms with Gasteiger partial charge in [0.2, 0.25) is 0 Å². The number of hydrogen-bond donors (Lipinski definition) is 2. The van der Waals surface area contributed by atoms with Gasteiger partial charge < -0.3 is 5.73 Å². The molecule has 0 fully saturated rings. The van der Waals surface area contributed by atoms with E-state index < -0.39 is 15.9 Å². The lowest BCUT2D eigenvalue weighted by Gasteiger charge is -2.01. The monoisotopic (exact) mass is 205 g/mol. The van der Waals surface area contributed by atoms with E-state index in [1.165, 1.54) is 0 Å². The Balaban J connectivity index is 2.52. The first-order valence-corrected chi connectivity index (χ1v) is 5.76. The predicted molar refractivity (Wildman–Crippen MR) is 47.9 cm³/mol. The highest BCUT2D eigenvalue weighted by molar-refractivity contribution is 7.90. The molecule has 3 N–H and O–H groups in total. The van der Waals surface area contributed by atoms with Gasteiger partial charge in [-0.25, -0.2) is 13.4 Å². The van der Waals surface area contributed by atoms with Crippen LogP contribution in [-0.4, -0.2) is 38.3 Å². The van der Waals surface area contributed by atoms with Crippen molar-refractivity contribution in [3.63, 3.8) is 0 Å². The number of hydrogen-bond acceptors (Lipinski definition) is 5. The maximum Gasteiger partial charge on any atom is 0.251 e. The van der Waals surface area contributed by atoms with E-state index in [1.807, 2.05) is 0 Å². The van der Waals surface area contributed by atoms with Crippen molar-refractivity contribution in [1.29, 1.82) is 0 Å². The van der Waals surface area contributed by atoms with Crippen LogP contribution in [0.25, 0.3) is 0 Å². The molecule has 1 rings (SSSR count). The minimum absolute atomic E-state index is 0.0537. The lowest BCUT2D eigenvalue weighted by Crippen LogP contribution is -2.33. The van der Waals surface area contributed by atoms with Crippen molar-refractivity contribution in [1.82, 2.24) is 5.32 Å². The van der Waals surface area contributed by atoms with Crippen molar-refractivity contribution in [3.05, 3.63) is 0 Å². The fourth-order valence-electron chi connectivity index (χ4n) is 0.990. The number of nitrogens with zero attached hydrogens (tertiary/aromatic N) is 1. The van der Waals surface area contributed by atoms with Crippen LogP contribution in [0.15, 0.2) is 4.99 Å². The summed E-state index contributed by atoms with van der Waals surface area (Å²) in [6.45, 7) is 0. The summed E-state index contributed by atoms with van der Waals surface area (Å²) in [5.41, 5.74) is 5.22. The second-order valence-corrected chi connectivity index (χ2v) is 5.20. The summed E-state index contributed by atoms with van der Waals surface area (Å²) < 4.78 is 21.5. The maximum atomic E-state index is 11.0. The second kappa shape index (κ2) is 3.33. The molecule has 74 valence electrons. The highest BCUT2D eigenvalue weighted by Crippen LogP contribution is 2.05. The maximum absolute atomic E-state index is 11.0. The molecule has 0 saturated carbocycles. The van der Waals surface area contributed by atoms with Gasteiger partial charge in [0.1, 0.15) is 15.9 Å². The molecule has 1 heterocycles. The number of carbonyl (C=O) groups excluding carboxylic acids is 1. The molecule has 0 spiro atoms. The van der Waals surface area contributed by atoms with Gasteiger partial charge in [-0.3, -0.25) is 10.1 Å². The van der Waals surface area contributed by atoms with Crippen molar-refractivity contribution in [2.45, 2.75) is 12.5 Å². The van der Waals surface area contributed by atoms with Crippen LogP contribution in [-0.2, 0) is 14.6 Å². The van der Waals surface area contributed by atoms with E-state index in [9.17, 15) is 13.2 Å². The summed E-state index contributed by atoms with van der Waals surface area (Å²) in [6, 6.07) is -0.644. The Hall–Kier alpha value is -1.11. The third-order valence-electron chi connectivity index (χ3n) is 1.61. The van der Waals surface area contributed by atoms with Gasteiger partial charge in [0, 0.05) is 6.26 Å². The average Bonchev–Trinajstić information content (AvgIpc) is 2.24. The Morgan fingerprint density at radius 2 is 2.23 bits per heavy atom. The largest absolute Gasteiger partial charge is 0.370 e. The minimum atomic E-state index is -3.04. The van der Waals surface area contributed by atoms with Crippen LogP contribution in [0.2, 0.25) is 0 Å². The highest BCUT2D eigenvalue weighted by Gasteiger charge is 2.25. The van der Waals surface area contributed by atoms with E-state index in [1.54, 1.807) is 0 Å². The zero-order valence-electron chi connectivity index (χ0n) is 7.15. The molecule has 0 aromatic heterocycles. The molecule has 0 aromatic rings. The minimum Gasteiger partial charge on any atom is -0.370 e. The highest BCUT2D eigenvalue weighted by atomic mass is 32.2. The molecule has 0 saturated heterocycles. The number of carbonyl (C=O) groups is 1. The number of aliphatic imine (C=N–C) groups is 1. The summed E-state index contributed by atoms with van der Waals surface area (Å²) in [6.07, 6.45) is 1.30. The van der Waals surface area contributed by atoms with Crippen LogP contribution in [0.4, 0.5) is 0 Å². The first-order chi connectivity index (χ1) is 5.88. The number of nitrogens with two attached hydrogens (primary N) is 1. The standard InChI is InChI=1S/C6H11N3O3S/c1-13(11,12)3-2-4-5(10)9-6(7)8-4/h4H,2-3H2,1H3,(H3,7,8,9,10). The van der Waals surface area contributed by atoms with E-state index in [-0.39, 0.29) is 24.0 Å². The van der Waals surface area contributed by atoms with Crippen molar-refractivity contribution in [3.8, 4) is 0 Å². The van der Waals surface area contributed by atoms with Crippen LogP contribution < -0.4 is 11.1 Å². The quantitative estimate of drug-likeness (QED) is 0.569. The van der Waals surface area contributed by atoms with Gasteiger partial charge in [-0.05, 0) is 6.42 Å². The third kappa shape index (κ3) is 3.02. The Labute approximate surface area is 76.1 Å². The molecule has 1 unspecified atom stereocenters. The number of guanidine groups is 1. The average molecular weight is 205 g/mol. The number of amides is 1. The van der Waals surface area contributed by atoms with Gasteiger partial charge in [0.05, 0.1) is 5.75 Å². The Morgan fingerprint density at radius 1 is 1.62 bits per heavy atom. The molecule has 7 heteroatoms. The molecule has 0 aromatic carbocycles. The van der Waals surface area contributed by atoms with Crippen molar-refractivity contribution in [2.24, 2.45) is 10.7 Å². The first-order valence-electron chi connectivity index (χ1n) is 3.70. The smallest absolute Gasteiger partial charge is 0.251 e. The van der Waals surface area contributed by atoms with Crippen LogP contribution in [0.3, 0.4) is 0 Å². The Bertz CT molecular complexity index is 346. The fraction of sp³-hybridized carbons (Fsp3) is 0.667. The van der Waals surface area contributed by atoms with Crippen LogP contribution in [0.1, 0.15) is 6.42 Å². The van der Waals surface area contributed by atoms with E-state index in [0.717, 1.165) is 6.26 Å². The van der Waals surface area contributed by atoms with Gasteiger partial charge in [0.15, 0.2) is 5.96 Å². The van der Waals surface area contributed by atoms with Crippen LogP contribution >= 0.6 is 0 Å². The number of rotatable bonds is 3. The Kier molecular flexibility index (Phi) is 2.55. The summed E-state index contributed by atoms with van der Waals surface area (Å²) >= 11 is 0. The third-order valence-corrected chi connectivity index (χ3v) is 2.59. The second-order valence-electron chi connectivity index (χ2n) is 2.94. The first kappa shape index (κ1) is 9.97. The Morgan fingerprint density at radius 3 is 2.62 bits per heavy atom. The van der Waals surface area contributed by atoms with E-state index in [4.69, 9.17) is 5.73 Å². The molecule has 0 bridgehead atoms. The molecule has 6 nitrogen and oxygen atoms in total. The summed E-state index contributed by atoms with van der Waals surface area (Å²) in [5, 5.41) is 2.30. The summed E-state index contributed by atoms with van der Waals surface area (Å²) in [5.74, 6) is -0.327. The fourth-order valence-corrected chi connectivity index (χ4v) is 1.64. The normalized spacial score (nSPS) is 22.7. The van der Waals surface area contributed by atoms with E-state index in [0.29, 0.717) is 0 Å². The molecule has 0 radical (unpaired) electrons. The molecule has 13 heavy (non-hydrogen) atoms. The van der Waals surface area contributed by atoms with Crippen molar-refractivity contribution >= 4 is 21.7 Å². The van der Waals surface area contributed by atoms with Crippen LogP contribution in [0, 0.1) is 0 Å². The molecule has 1 atom stereocenters. The topological polar surface area (TPSA) is 102 Å². The van der Waals surface area contributed by atoms with Crippen molar-refractivity contribution < 1.29 is 13.2 Å². The summed E-state index contributed by atoms with van der Waals surface area (Å²) in [7, 11) is -3.04. The van der Waals surface area contributed by atoms with Gasteiger partial charge in [-0.2, -0.15) is 0 Å². The van der Waals surface area contributed by atoms with Gasteiger partial charge in [-0.15, -0.1) is 0 Å². The number of sulfone groups is 1. The lowest BCUT2D eigenvalue weighted by atomic mass is 10.2. The van der Waals surface area contributed by atoms with Crippen molar-refractivity contribution in [2.75, 3.05) is 12.0 Å². The van der Waals surface area contributed by atoms with Gasteiger partial charge >= 0.3 is 0 Å². The van der Waals surface area contributed by atoms with Gasteiger partial charge in [-0.1, -0.05) is 0 Å².